The van der Waals surface area contributed by atoms with Gasteiger partial charge in [-0.05, 0) is 44.0 Å². The van der Waals surface area contributed by atoms with Gasteiger partial charge in [-0.1, -0.05) is 11.8 Å². The van der Waals surface area contributed by atoms with Crippen molar-refractivity contribution in [2.75, 3.05) is 31.9 Å². The van der Waals surface area contributed by atoms with Crippen LogP contribution >= 0.6 is 0 Å². The second-order valence-electron chi connectivity index (χ2n) is 8.80. The van der Waals surface area contributed by atoms with Crippen LogP contribution in [0.25, 0.3) is 0 Å². The number of rotatable bonds is 7. The zero-order valence-electron chi connectivity index (χ0n) is 19.6. The number of methoxy groups -OCH3 is 2. The van der Waals surface area contributed by atoms with Crippen molar-refractivity contribution in [1.29, 1.82) is 0 Å². The Morgan fingerprint density at radius 2 is 1.82 bits per heavy atom. The monoisotopic (exact) mass is 494 g/mol. The Kier molecular flexibility index (Phi) is 7.88. The quantitative estimate of drug-likeness (QED) is 0.331. The minimum Gasteiger partial charge on any atom is -0.444 e. The highest BCUT2D eigenvalue weighted by atomic mass is 32.2. The molecule has 1 aromatic carbocycles. The number of nitrogens with one attached hydrogen (secondary N) is 1. The molecule has 1 aliphatic heterocycles. The normalized spacial score (nSPS) is 26.4. The van der Waals surface area contributed by atoms with Crippen molar-refractivity contribution in [2.45, 2.75) is 49.2 Å². The highest BCUT2D eigenvalue weighted by Gasteiger charge is 2.48. The average molecular weight is 495 g/mol. The smallest absolute Gasteiger partial charge is 0.414 e. The lowest BCUT2D eigenvalue weighted by molar-refractivity contribution is -0.132. The lowest BCUT2D eigenvalue weighted by Crippen LogP contribution is -2.51. The number of hydrogen-bond donors (Lipinski definition) is 2. The molecule has 2 N–H and O–H groups in total. The van der Waals surface area contributed by atoms with Crippen LogP contribution in [0.4, 0.5) is 10.5 Å². The van der Waals surface area contributed by atoms with Crippen LogP contribution in [0.5, 0.6) is 0 Å². The van der Waals surface area contributed by atoms with Crippen LogP contribution in [-0.4, -0.2) is 75.7 Å². The van der Waals surface area contributed by atoms with Gasteiger partial charge in [0.1, 0.15) is 6.10 Å². The first kappa shape index (κ1) is 26.0. The number of benzene rings is 1. The molecular formula is C23H30N2O8S. The van der Waals surface area contributed by atoms with E-state index in [0.29, 0.717) is 5.69 Å². The third-order valence-electron chi connectivity index (χ3n) is 6.54. The molecule has 2 aliphatic rings. The molecular weight excluding hydrogens is 464 g/mol. The summed E-state index contributed by atoms with van der Waals surface area (Å²) in [7, 11) is -0.568. The molecule has 1 aromatic rings. The minimum atomic E-state index is -3.91. The summed E-state index contributed by atoms with van der Waals surface area (Å²) in [6.07, 6.45) is 0.787. The first-order valence-corrected chi connectivity index (χ1v) is 12.7. The first-order valence-electron chi connectivity index (χ1n) is 10.8. The Morgan fingerprint density at radius 1 is 1.24 bits per heavy atom. The summed E-state index contributed by atoms with van der Waals surface area (Å²) < 4.78 is 38.6. The molecule has 0 radical (unpaired) electrons. The van der Waals surface area contributed by atoms with Gasteiger partial charge < -0.3 is 14.2 Å². The van der Waals surface area contributed by atoms with E-state index in [2.05, 4.69) is 11.8 Å². The average Bonchev–Trinajstić information content (AvgIpc) is 3.38. The van der Waals surface area contributed by atoms with E-state index in [4.69, 9.17) is 19.4 Å². The summed E-state index contributed by atoms with van der Waals surface area (Å²) in [5, 5.41) is 8.97. The van der Waals surface area contributed by atoms with E-state index in [1.165, 1.54) is 17.3 Å². The van der Waals surface area contributed by atoms with Gasteiger partial charge in [-0.3, -0.25) is 14.9 Å². The fourth-order valence-corrected chi connectivity index (χ4v) is 5.16. The van der Waals surface area contributed by atoms with E-state index in [-0.39, 0.29) is 31.1 Å². The number of carbonyl (C=O) groups is 2. The van der Waals surface area contributed by atoms with E-state index < -0.39 is 32.7 Å². The molecule has 0 bridgehead atoms. The van der Waals surface area contributed by atoms with Gasteiger partial charge in [0.2, 0.25) is 0 Å². The minimum absolute atomic E-state index is 0.0359. The molecule has 2 amide bonds. The number of cyclic esters (lactones) is 1. The summed E-state index contributed by atoms with van der Waals surface area (Å²) in [5.41, 5.74) is 2.74. The van der Waals surface area contributed by atoms with Crippen LogP contribution in [0.1, 0.15) is 31.7 Å². The predicted molar refractivity (Wildman–Crippen MR) is 123 cm³/mol. The van der Waals surface area contributed by atoms with E-state index in [1.807, 2.05) is 0 Å². The van der Waals surface area contributed by atoms with E-state index in [9.17, 15) is 18.0 Å². The van der Waals surface area contributed by atoms with Crippen molar-refractivity contribution in [2.24, 2.45) is 5.92 Å². The molecule has 0 aromatic heterocycles. The van der Waals surface area contributed by atoms with Crippen LogP contribution in [-0.2, 0) is 28.8 Å². The molecule has 186 valence electrons. The number of anilines is 1. The fraction of sp³-hybridized carbons (Fsp3) is 0.565. The number of amides is 2. The van der Waals surface area contributed by atoms with Crippen LogP contribution in [0.3, 0.4) is 0 Å². The number of hydrogen-bond acceptors (Lipinski definition) is 8. The summed E-state index contributed by atoms with van der Waals surface area (Å²) in [4.78, 5) is 25.8. The zero-order valence-corrected chi connectivity index (χ0v) is 20.4. The van der Waals surface area contributed by atoms with Crippen molar-refractivity contribution < 1.29 is 37.4 Å². The largest absolute Gasteiger partial charge is 0.444 e. The van der Waals surface area contributed by atoms with Gasteiger partial charge in [-0.15, -0.1) is 0 Å². The van der Waals surface area contributed by atoms with Crippen LogP contribution in [0.15, 0.2) is 24.3 Å². The molecule has 10 nitrogen and oxygen atoms in total. The third-order valence-corrected chi connectivity index (χ3v) is 8.53. The predicted octanol–water partition coefficient (Wildman–Crippen LogP) is 1.50. The SMILES string of the molecule is CO[C@H]1CC(C#Cc2ccc(N3CC(CC(C)(C(=O)NO)S(C)(=O)=O)OC3=O)cc2)C[C@H]1OC. The number of sulfone groups is 1. The molecule has 5 atom stereocenters. The Morgan fingerprint density at radius 3 is 2.32 bits per heavy atom. The highest BCUT2D eigenvalue weighted by Crippen LogP contribution is 2.31. The Hall–Kier alpha value is -2.65. The third kappa shape index (κ3) is 5.36. The van der Waals surface area contributed by atoms with Gasteiger partial charge in [0.05, 0.1) is 18.8 Å². The van der Waals surface area contributed by atoms with E-state index in [1.54, 1.807) is 38.5 Å². The van der Waals surface area contributed by atoms with Gasteiger partial charge >= 0.3 is 6.09 Å². The van der Waals surface area contributed by atoms with Crippen molar-refractivity contribution in [3.8, 4) is 11.8 Å². The number of carbonyl (C=O) groups excluding carboxylic acids is 2. The Bertz CT molecular complexity index is 1070. The summed E-state index contributed by atoms with van der Waals surface area (Å²) in [6.45, 7) is 1.25. The second-order valence-corrected chi connectivity index (χ2v) is 11.2. The molecule has 1 aliphatic carbocycles. The van der Waals surface area contributed by atoms with Gasteiger partial charge in [0, 0.05) is 44.1 Å². The number of nitrogens with zero attached hydrogens (tertiary/aromatic N) is 1. The molecule has 34 heavy (non-hydrogen) atoms. The number of hydroxylamine groups is 1. The molecule has 2 fully saturated rings. The topological polar surface area (TPSA) is 131 Å². The molecule has 1 saturated carbocycles. The molecule has 1 saturated heterocycles. The van der Waals surface area contributed by atoms with Gasteiger partial charge in [0.25, 0.3) is 5.91 Å². The van der Waals surface area contributed by atoms with Gasteiger partial charge in [-0.25, -0.2) is 18.7 Å². The second kappa shape index (κ2) is 10.3. The summed E-state index contributed by atoms with van der Waals surface area (Å²) in [6, 6.07) is 7.04. The van der Waals surface area contributed by atoms with Crippen LogP contribution in [0.2, 0.25) is 0 Å². The molecule has 1 heterocycles. The summed E-state index contributed by atoms with van der Waals surface area (Å²) in [5.74, 6) is 5.50. The maximum absolute atomic E-state index is 12.4. The summed E-state index contributed by atoms with van der Waals surface area (Å²) >= 11 is 0. The van der Waals surface area contributed by atoms with Crippen molar-refractivity contribution in [3.63, 3.8) is 0 Å². The van der Waals surface area contributed by atoms with Crippen molar-refractivity contribution in [1.82, 2.24) is 5.48 Å². The Labute approximate surface area is 199 Å². The van der Waals surface area contributed by atoms with Gasteiger partial charge in [0.15, 0.2) is 14.6 Å². The molecule has 0 spiro atoms. The van der Waals surface area contributed by atoms with Crippen LogP contribution in [0, 0.1) is 17.8 Å². The van der Waals surface area contributed by atoms with Gasteiger partial charge in [-0.2, -0.15) is 0 Å². The maximum atomic E-state index is 12.4. The lowest BCUT2D eigenvalue weighted by Gasteiger charge is -2.26. The van der Waals surface area contributed by atoms with Crippen molar-refractivity contribution >= 4 is 27.5 Å². The number of ether oxygens (including phenoxy) is 3. The molecule has 3 unspecified atom stereocenters. The van der Waals surface area contributed by atoms with E-state index >= 15 is 0 Å². The highest BCUT2D eigenvalue weighted by molar-refractivity contribution is 7.92. The fourth-order valence-electron chi connectivity index (χ4n) is 4.29. The standard InChI is InChI=1S/C23H30N2O8S/c1-23(21(26)24-28,34(4,29)30)13-18-14-25(22(27)33-18)17-9-7-15(8-10-17)5-6-16-11-19(31-2)20(12-16)32-3/h7-10,16,18-20,28H,11-14H2,1-4H3,(H,24,26)/t16?,18?,19-,20+,23?. The van der Waals surface area contributed by atoms with E-state index in [0.717, 1.165) is 24.7 Å². The zero-order chi connectivity index (χ0) is 25.1. The van der Waals surface area contributed by atoms with Crippen molar-refractivity contribution in [3.05, 3.63) is 29.8 Å². The first-order chi connectivity index (χ1) is 16.0. The Balaban J connectivity index is 1.67. The molecule has 11 heteroatoms. The van der Waals surface area contributed by atoms with Crippen LogP contribution < -0.4 is 10.4 Å². The lowest BCUT2D eigenvalue weighted by atomic mass is 10.0. The molecule has 3 rings (SSSR count). The maximum Gasteiger partial charge on any atom is 0.414 e.